The fourth-order valence-corrected chi connectivity index (χ4v) is 3.37. The van der Waals surface area contributed by atoms with Gasteiger partial charge in [0.25, 0.3) is 5.91 Å². The van der Waals surface area contributed by atoms with E-state index in [0.29, 0.717) is 18.4 Å². The summed E-state index contributed by atoms with van der Waals surface area (Å²) in [7, 11) is 0. The van der Waals surface area contributed by atoms with E-state index in [1.165, 1.54) is 0 Å². The fourth-order valence-electron chi connectivity index (χ4n) is 3.37. The summed E-state index contributed by atoms with van der Waals surface area (Å²) in [6.07, 6.45) is 4.03. The van der Waals surface area contributed by atoms with E-state index in [-0.39, 0.29) is 11.9 Å². The van der Waals surface area contributed by atoms with Crippen LogP contribution in [0.1, 0.15) is 60.3 Å². The van der Waals surface area contributed by atoms with Crippen LogP contribution < -0.4 is 10.1 Å². The molecule has 1 saturated carbocycles. The Hall–Kier alpha value is -2.30. The number of carbonyl (C=O) groups is 1. The van der Waals surface area contributed by atoms with Crippen molar-refractivity contribution in [2.75, 3.05) is 6.61 Å². The van der Waals surface area contributed by atoms with E-state index in [0.717, 1.165) is 42.0 Å². The zero-order chi connectivity index (χ0) is 16.7. The van der Waals surface area contributed by atoms with Gasteiger partial charge in [0, 0.05) is 18.0 Å². The first-order chi connectivity index (χ1) is 11.6. The maximum atomic E-state index is 12.8. The highest BCUT2D eigenvalue weighted by Crippen LogP contribution is 2.42. The third-order valence-electron chi connectivity index (χ3n) is 4.63. The number of amides is 1. The summed E-state index contributed by atoms with van der Waals surface area (Å²) in [4.78, 5) is 12.8. The van der Waals surface area contributed by atoms with Crippen molar-refractivity contribution >= 4 is 5.91 Å². The highest BCUT2D eigenvalue weighted by molar-refractivity contribution is 5.95. The van der Waals surface area contributed by atoms with Crippen LogP contribution in [0.25, 0.3) is 0 Å². The van der Waals surface area contributed by atoms with Crippen LogP contribution in [-0.4, -0.2) is 22.3 Å². The van der Waals surface area contributed by atoms with E-state index < -0.39 is 0 Å². The van der Waals surface area contributed by atoms with Crippen LogP contribution in [0.2, 0.25) is 0 Å². The molecule has 0 unspecified atom stereocenters. The molecule has 5 heteroatoms. The van der Waals surface area contributed by atoms with Crippen molar-refractivity contribution in [3.8, 4) is 5.75 Å². The molecule has 1 amide bonds. The smallest absolute Gasteiger partial charge is 0.255 e. The van der Waals surface area contributed by atoms with Gasteiger partial charge < -0.3 is 10.1 Å². The fraction of sp³-hybridized carbons (Fsp3) is 0.474. The standard InChI is InChI=1S/C19H23N3O2/c1-12(2)10-22-18(13-7-8-13)15(9-20-22)19(23)21-16-11-24-17-6-4-3-5-14(16)17/h3-6,9,12-13,16H,7-8,10-11H2,1-2H3,(H,21,23)/t16-/m1/s1. The van der Waals surface area contributed by atoms with Gasteiger partial charge in [-0.05, 0) is 24.8 Å². The normalized spacial score (nSPS) is 19.2. The highest BCUT2D eigenvalue weighted by atomic mass is 16.5. The predicted octanol–water partition coefficient (Wildman–Crippen LogP) is 3.28. The van der Waals surface area contributed by atoms with Crippen molar-refractivity contribution in [2.24, 2.45) is 5.92 Å². The SMILES string of the molecule is CC(C)Cn1ncc(C(=O)N[C@@H]2COc3ccccc32)c1C1CC1. The van der Waals surface area contributed by atoms with Gasteiger partial charge in [0.15, 0.2) is 0 Å². The molecule has 0 saturated heterocycles. The van der Waals surface area contributed by atoms with Gasteiger partial charge in [0.2, 0.25) is 0 Å². The van der Waals surface area contributed by atoms with Gasteiger partial charge in [0.1, 0.15) is 12.4 Å². The summed E-state index contributed by atoms with van der Waals surface area (Å²) in [6, 6.07) is 7.79. The molecule has 1 aliphatic carbocycles. The lowest BCUT2D eigenvalue weighted by Gasteiger charge is -2.13. The van der Waals surface area contributed by atoms with Crippen molar-refractivity contribution in [2.45, 2.75) is 45.2 Å². The Morgan fingerprint density at radius 1 is 1.38 bits per heavy atom. The molecule has 5 nitrogen and oxygen atoms in total. The Morgan fingerprint density at radius 2 is 2.17 bits per heavy atom. The maximum Gasteiger partial charge on any atom is 0.255 e. The number of benzene rings is 1. The van der Waals surface area contributed by atoms with Gasteiger partial charge in [-0.3, -0.25) is 9.48 Å². The topological polar surface area (TPSA) is 56.2 Å². The van der Waals surface area contributed by atoms with Gasteiger partial charge in [-0.25, -0.2) is 0 Å². The van der Waals surface area contributed by atoms with Gasteiger partial charge in [-0.2, -0.15) is 5.10 Å². The van der Waals surface area contributed by atoms with Crippen molar-refractivity contribution in [3.05, 3.63) is 47.3 Å². The zero-order valence-electron chi connectivity index (χ0n) is 14.2. The van der Waals surface area contributed by atoms with Gasteiger partial charge >= 0.3 is 0 Å². The first-order valence-electron chi connectivity index (χ1n) is 8.71. The number of nitrogens with one attached hydrogen (secondary N) is 1. The van der Waals surface area contributed by atoms with Crippen molar-refractivity contribution in [1.29, 1.82) is 0 Å². The Balaban J connectivity index is 1.56. The number of rotatable bonds is 5. The van der Waals surface area contributed by atoms with Crippen LogP contribution >= 0.6 is 0 Å². The maximum absolute atomic E-state index is 12.8. The first kappa shape index (κ1) is 15.2. The first-order valence-corrected chi connectivity index (χ1v) is 8.71. The highest BCUT2D eigenvalue weighted by Gasteiger charge is 2.34. The number of carbonyl (C=O) groups excluding carboxylic acids is 1. The number of hydrogen-bond acceptors (Lipinski definition) is 3. The molecule has 1 atom stereocenters. The van der Waals surface area contributed by atoms with Gasteiger partial charge in [-0.1, -0.05) is 32.0 Å². The molecule has 1 fully saturated rings. The molecular formula is C19H23N3O2. The third-order valence-corrected chi connectivity index (χ3v) is 4.63. The van der Waals surface area contributed by atoms with Crippen molar-refractivity contribution in [3.63, 3.8) is 0 Å². The summed E-state index contributed by atoms with van der Waals surface area (Å²) < 4.78 is 7.68. The zero-order valence-corrected chi connectivity index (χ0v) is 14.2. The molecule has 0 radical (unpaired) electrons. The van der Waals surface area contributed by atoms with E-state index >= 15 is 0 Å². The minimum Gasteiger partial charge on any atom is -0.491 e. The van der Waals surface area contributed by atoms with Crippen molar-refractivity contribution in [1.82, 2.24) is 15.1 Å². The second-order valence-electron chi connectivity index (χ2n) is 7.17. The Labute approximate surface area is 142 Å². The van der Waals surface area contributed by atoms with Crippen LogP contribution in [0.5, 0.6) is 5.75 Å². The number of para-hydroxylation sites is 1. The van der Waals surface area contributed by atoms with Crippen molar-refractivity contribution < 1.29 is 9.53 Å². The average molecular weight is 325 g/mol. The Kier molecular flexibility index (Phi) is 3.79. The second kappa shape index (κ2) is 5.96. The molecule has 4 rings (SSSR count). The molecule has 0 bridgehead atoms. The molecule has 1 aromatic heterocycles. The lowest BCUT2D eigenvalue weighted by Crippen LogP contribution is -2.30. The summed E-state index contributed by atoms with van der Waals surface area (Å²) in [6.45, 7) is 5.69. The van der Waals surface area contributed by atoms with E-state index in [1.54, 1.807) is 6.20 Å². The van der Waals surface area contributed by atoms with Crippen LogP contribution in [0.15, 0.2) is 30.5 Å². The van der Waals surface area contributed by atoms with Crippen LogP contribution in [0.3, 0.4) is 0 Å². The van der Waals surface area contributed by atoms with Crippen LogP contribution in [-0.2, 0) is 6.54 Å². The third kappa shape index (κ3) is 2.79. The Bertz CT molecular complexity index is 762. The molecule has 1 aromatic carbocycles. The van der Waals surface area contributed by atoms with Gasteiger partial charge in [0.05, 0.1) is 23.5 Å². The summed E-state index contributed by atoms with van der Waals surface area (Å²) in [5.74, 6) is 1.81. The lowest BCUT2D eigenvalue weighted by atomic mass is 10.1. The molecule has 24 heavy (non-hydrogen) atoms. The summed E-state index contributed by atoms with van der Waals surface area (Å²) in [5.41, 5.74) is 2.88. The molecule has 2 aromatic rings. The minimum atomic E-state index is -0.0887. The predicted molar refractivity (Wildman–Crippen MR) is 91.2 cm³/mol. The molecule has 2 heterocycles. The van der Waals surface area contributed by atoms with E-state index in [9.17, 15) is 4.79 Å². The number of nitrogens with zero attached hydrogens (tertiary/aromatic N) is 2. The van der Waals surface area contributed by atoms with E-state index in [1.807, 2.05) is 28.9 Å². The molecule has 1 aliphatic heterocycles. The number of ether oxygens (including phenoxy) is 1. The van der Waals surface area contributed by atoms with Crippen LogP contribution in [0.4, 0.5) is 0 Å². The lowest BCUT2D eigenvalue weighted by molar-refractivity contribution is 0.0929. The number of aromatic nitrogens is 2. The van der Waals surface area contributed by atoms with Crippen LogP contribution in [0, 0.1) is 5.92 Å². The molecule has 1 N–H and O–H groups in total. The van der Waals surface area contributed by atoms with E-state index in [2.05, 4.69) is 24.3 Å². The second-order valence-corrected chi connectivity index (χ2v) is 7.17. The molecule has 126 valence electrons. The van der Waals surface area contributed by atoms with E-state index in [4.69, 9.17) is 4.74 Å². The molecule has 2 aliphatic rings. The molecular weight excluding hydrogens is 302 g/mol. The van der Waals surface area contributed by atoms with Gasteiger partial charge in [-0.15, -0.1) is 0 Å². The minimum absolute atomic E-state index is 0.0443. The number of hydrogen-bond donors (Lipinski definition) is 1. The largest absolute Gasteiger partial charge is 0.491 e. The number of fused-ring (bicyclic) bond motifs is 1. The quantitative estimate of drug-likeness (QED) is 0.918. The molecule has 0 spiro atoms. The monoisotopic (exact) mass is 325 g/mol. The average Bonchev–Trinajstić information content (AvgIpc) is 3.19. The summed E-state index contributed by atoms with van der Waals surface area (Å²) in [5, 5.41) is 7.61. The summed E-state index contributed by atoms with van der Waals surface area (Å²) >= 11 is 0. The Morgan fingerprint density at radius 3 is 2.92 bits per heavy atom.